The summed E-state index contributed by atoms with van der Waals surface area (Å²) in [6, 6.07) is 6.21. The van der Waals surface area contributed by atoms with E-state index in [2.05, 4.69) is 42.9 Å². The molecule has 0 radical (unpaired) electrons. The van der Waals surface area contributed by atoms with Crippen LogP contribution >= 0.6 is 0 Å². The Morgan fingerprint density at radius 1 is 1.20 bits per heavy atom. The van der Waals surface area contributed by atoms with E-state index < -0.39 is 0 Å². The molecule has 0 spiro atoms. The van der Waals surface area contributed by atoms with E-state index in [1.165, 1.54) is 5.56 Å². The van der Waals surface area contributed by atoms with E-state index in [1.807, 2.05) is 6.07 Å². The number of hydrogen-bond donors (Lipinski definition) is 1. The van der Waals surface area contributed by atoms with Crippen molar-refractivity contribution in [2.75, 3.05) is 5.73 Å². The van der Waals surface area contributed by atoms with Crippen LogP contribution in [0.1, 0.15) is 26.3 Å². The van der Waals surface area contributed by atoms with Crippen LogP contribution in [-0.2, 0) is 5.41 Å². The maximum absolute atomic E-state index is 5.53. The molecule has 0 aliphatic rings. The zero-order chi connectivity index (χ0) is 11.1. The molecule has 0 bridgehead atoms. The Morgan fingerprint density at radius 3 is 2.60 bits per heavy atom. The van der Waals surface area contributed by atoms with Gasteiger partial charge in [0, 0.05) is 11.6 Å². The average Bonchev–Trinajstić information content (AvgIpc) is 2.15. The van der Waals surface area contributed by atoms with Gasteiger partial charge in [-0.15, -0.1) is 0 Å². The number of rotatable bonds is 0. The normalized spacial score (nSPS) is 11.9. The number of anilines is 1. The van der Waals surface area contributed by atoms with Gasteiger partial charge in [0.1, 0.15) is 0 Å². The highest BCUT2D eigenvalue weighted by atomic mass is 15.0. The molecule has 0 fully saturated rings. The van der Waals surface area contributed by atoms with E-state index >= 15 is 0 Å². The van der Waals surface area contributed by atoms with Gasteiger partial charge in [-0.3, -0.25) is 0 Å². The minimum absolute atomic E-state index is 0.148. The number of fused-ring (bicyclic) bond motifs is 1. The van der Waals surface area contributed by atoms with Crippen LogP contribution in [0.15, 0.2) is 24.4 Å². The highest BCUT2D eigenvalue weighted by Crippen LogP contribution is 2.25. The van der Waals surface area contributed by atoms with Crippen LogP contribution in [0.3, 0.4) is 0 Å². The summed E-state index contributed by atoms with van der Waals surface area (Å²) in [5.41, 5.74) is 7.85. The molecule has 0 amide bonds. The number of nitrogens with zero attached hydrogens (tertiary/aromatic N) is 2. The van der Waals surface area contributed by atoms with E-state index in [0.717, 1.165) is 10.9 Å². The van der Waals surface area contributed by atoms with Crippen LogP contribution in [-0.4, -0.2) is 9.97 Å². The van der Waals surface area contributed by atoms with E-state index in [0.29, 0.717) is 5.95 Å². The maximum atomic E-state index is 5.53. The molecule has 3 nitrogen and oxygen atoms in total. The first-order chi connectivity index (χ1) is 6.97. The molecule has 0 saturated heterocycles. The minimum Gasteiger partial charge on any atom is -0.368 e. The maximum Gasteiger partial charge on any atom is 0.220 e. The predicted molar refractivity (Wildman–Crippen MR) is 62.7 cm³/mol. The van der Waals surface area contributed by atoms with E-state index in [4.69, 9.17) is 5.73 Å². The van der Waals surface area contributed by atoms with Gasteiger partial charge in [0.15, 0.2) is 0 Å². The van der Waals surface area contributed by atoms with Crippen molar-refractivity contribution in [3.8, 4) is 0 Å². The third-order valence-corrected chi connectivity index (χ3v) is 2.46. The Balaban J connectivity index is 2.62. The fraction of sp³-hybridized carbons (Fsp3) is 0.333. The monoisotopic (exact) mass is 201 g/mol. The molecular formula is C12H15N3. The topological polar surface area (TPSA) is 51.8 Å². The fourth-order valence-electron chi connectivity index (χ4n) is 1.51. The Kier molecular flexibility index (Phi) is 2.11. The van der Waals surface area contributed by atoms with E-state index in [1.54, 1.807) is 6.20 Å². The summed E-state index contributed by atoms with van der Waals surface area (Å²) in [5, 5.41) is 1.04. The summed E-state index contributed by atoms with van der Waals surface area (Å²) in [6.45, 7) is 6.56. The molecule has 2 N–H and O–H groups in total. The number of hydrogen-bond acceptors (Lipinski definition) is 3. The van der Waals surface area contributed by atoms with Crippen LogP contribution in [0.2, 0.25) is 0 Å². The largest absolute Gasteiger partial charge is 0.368 e. The lowest BCUT2D eigenvalue weighted by molar-refractivity contribution is 0.591. The molecule has 3 heteroatoms. The van der Waals surface area contributed by atoms with Gasteiger partial charge in [-0.2, -0.15) is 0 Å². The second-order valence-electron chi connectivity index (χ2n) is 4.75. The van der Waals surface area contributed by atoms with Crippen molar-refractivity contribution in [1.82, 2.24) is 9.97 Å². The quantitative estimate of drug-likeness (QED) is 0.712. The van der Waals surface area contributed by atoms with Gasteiger partial charge in [-0.1, -0.05) is 26.8 Å². The summed E-state index contributed by atoms with van der Waals surface area (Å²) in [6.07, 6.45) is 1.77. The first-order valence-electron chi connectivity index (χ1n) is 4.99. The Morgan fingerprint density at radius 2 is 1.93 bits per heavy atom. The molecule has 0 unspecified atom stereocenters. The third kappa shape index (κ3) is 1.91. The number of aromatic nitrogens is 2. The van der Waals surface area contributed by atoms with Crippen molar-refractivity contribution < 1.29 is 0 Å². The summed E-state index contributed by atoms with van der Waals surface area (Å²) in [4.78, 5) is 8.16. The van der Waals surface area contributed by atoms with Gasteiger partial charge >= 0.3 is 0 Å². The average molecular weight is 201 g/mol. The van der Waals surface area contributed by atoms with Gasteiger partial charge in [0.2, 0.25) is 5.95 Å². The molecule has 0 atom stereocenters. The smallest absolute Gasteiger partial charge is 0.220 e. The highest BCUT2D eigenvalue weighted by Gasteiger charge is 2.13. The lowest BCUT2D eigenvalue weighted by Gasteiger charge is -2.19. The van der Waals surface area contributed by atoms with Crippen LogP contribution in [0.4, 0.5) is 5.95 Å². The SMILES string of the molecule is CC(C)(C)c1ccc2nc(N)ncc2c1. The molecule has 2 rings (SSSR count). The molecule has 0 aliphatic carbocycles. The number of nitrogens with two attached hydrogens (primary N) is 1. The van der Waals surface area contributed by atoms with Crippen LogP contribution < -0.4 is 5.73 Å². The number of benzene rings is 1. The van der Waals surface area contributed by atoms with Crippen molar-refractivity contribution in [1.29, 1.82) is 0 Å². The van der Waals surface area contributed by atoms with Crippen molar-refractivity contribution in [3.63, 3.8) is 0 Å². The molecule has 1 aromatic heterocycles. The second-order valence-corrected chi connectivity index (χ2v) is 4.75. The first-order valence-corrected chi connectivity index (χ1v) is 4.99. The summed E-state index contributed by atoms with van der Waals surface area (Å²) < 4.78 is 0. The van der Waals surface area contributed by atoms with Crippen LogP contribution in [0.25, 0.3) is 10.9 Å². The van der Waals surface area contributed by atoms with Crippen molar-refractivity contribution in [2.45, 2.75) is 26.2 Å². The van der Waals surface area contributed by atoms with Gasteiger partial charge in [-0.05, 0) is 23.1 Å². The van der Waals surface area contributed by atoms with Crippen molar-refractivity contribution in [2.24, 2.45) is 0 Å². The Hall–Kier alpha value is -1.64. The van der Waals surface area contributed by atoms with Gasteiger partial charge in [-0.25, -0.2) is 9.97 Å². The van der Waals surface area contributed by atoms with Crippen molar-refractivity contribution >= 4 is 16.9 Å². The van der Waals surface area contributed by atoms with E-state index in [-0.39, 0.29) is 5.41 Å². The lowest BCUT2D eigenvalue weighted by Crippen LogP contribution is -2.10. The molecule has 1 heterocycles. The van der Waals surface area contributed by atoms with Crippen LogP contribution in [0.5, 0.6) is 0 Å². The van der Waals surface area contributed by atoms with Gasteiger partial charge < -0.3 is 5.73 Å². The predicted octanol–water partition coefficient (Wildman–Crippen LogP) is 2.51. The zero-order valence-electron chi connectivity index (χ0n) is 9.28. The highest BCUT2D eigenvalue weighted by molar-refractivity contribution is 5.79. The summed E-state index contributed by atoms with van der Waals surface area (Å²) in [5.74, 6) is 0.325. The van der Waals surface area contributed by atoms with Gasteiger partial charge in [0.25, 0.3) is 0 Å². The molecule has 78 valence electrons. The fourth-order valence-corrected chi connectivity index (χ4v) is 1.51. The van der Waals surface area contributed by atoms with Crippen LogP contribution in [0, 0.1) is 0 Å². The first kappa shape index (κ1) is 9.90. The lowest BCUT2D eigenvalue weighted by atomic mass is 9.86. The molecular weight excluding hydrogens is 186 g/mol. The zero-order valence-corrected chi connectivity index (χ0v) is 9.28. The molecule has 0 aliphatic heterocycles. The second kappa shape index (κ2) is 3.19. The Bertz CT molecular complexity index is 498. The molecule has 15 heavy (non-hydrogen) atoms. The third-order valence-electron chi connectivity index (χ3n) is 2.46. The summed E-state index contributed by atoms with van der Waals surface area (Å²) in [7, 11) is 0. The molecule has 1 aromatic carbocycles. The minimum atomic E-state index is 0.148. The van der Waals surface area contributed by atoms with E-state index in [9.17, 15) is 0 Å². The number of nitrogen functional groups attached to an aromatic ring is 1. The Labute approximate surface area is 89.4 Å². The van der Waals surface area contributed by atoms with Crippen molar-refractivity contribution in [3.05, 3.63) is 30.0 Å². The molecule has 2 aromatic rings. The summed E-state index contributed by atoms with van der Waals surface area (Å²) >= 11 is 0. The molecule has 0 saturated carbocycles. The standard InChI is InChI=1S/C12H15N3/c1-12(2,3)9-4-5-10-8(6-9)7-14-11(13)15-10/h4-7H,1-3H3,(H2,13,14,15). The van der Waals surface area contributed by atoms with Gasteiger partial charge in [0.05, 0.1) is 5.52 Å².